The van der Waals surface area contributed by atoms with Crippen molar-refractivity contribution in [3.05, 3.63) is 11.0 Å². The SMILES string of the molecule is SC1=CCCCCCCC1. The summed E-state index contributed by atoms with van der Waals surface area (Å²) in [5, 5.41) is 0. The molecule has 0 spiro atoms. The number of hydrogen-bond acceptors (Lipinski definition) is 1. The lowest BCUT2D eigenvalue weighted by molar-refractivity contribution is 0.631. The Kier molecular flexibility index (Phi) is 3.96. The summed E-state index contributed by atoms with van der Waals surface area (Å²) in [6.45, 7) is 0. The Hall–Kier alpha value is 0.0900. The molecule has 0 nitrogen and oxygen atoms in total. The molecule has 0 atom stereocenters. The summed E-state index contributed by atoms with van der Waals surface area (Å²) in [5.74, 6) is 0. The van der Waals surface area contributed by atoms with E-state index < -0.39 is 0 Å². The molecule has 0 radical (unpaired) electrons. The van der Waals surface area contributed by atoms with E-state index in [1.54, 1.807) is 0 Å². The van der Waals surface area contributed by atoms with Crippen molar-refractivity contribution >= 4 is 12.6 Å². The van der Waals surface area contributed by atoms with Crippen LogP contribution in [-0.4, -0.2) is 0 Å². The Balaban J connectivity index is 2.29. The van der Waals surface area contributed by atoms with Crippen LogP contribution in [0.1, 0.15) is 44.9 Å². The smallest absolute Gasteiger partial charge is 0.0224 e. The van der Waals surface area contributed by atoms with Crippen molar-refractivity contribution < 1.29 is 0 Å². The predicted molar refractivity (Wildman–Crippen MR) is 49.4 cm³/mol. The van der Waals surface area contributed by atoms with Gasteiger partial charge in [-0.1, -0.05) is 25.3 Å². The van der Waals surface area contributed by atoms with Gasteiger partial charge in [0.2, 0.25) is 0 Å². The maximum atomic E-state index is 4.39. The summed E-state index contributed by atoms with van der Waals surface area (Å²) < 4.78 is 0. The number of hydrogen-bond donors (Lipinski definition) is 1. The Labute approximate surface area is 69.1 Å². The lowest BCUT2D eigenvalue weighted by atomic mass is 10.1. The minimum atomic E-state index is 1.21. The fourth-order valence-corrected chi connectivity index (χ4v) is 1.64. The van der Waals surface area contributed by atoms with Crippen molar-refractivity contribution in [1.82, 2.24) is 0 Å². The van der Waals surface area contributed by atoms with Crippen LogP contribution in [-0.2, 0) is 0 Å². The van der Waals surface area contributed by atoms with Crippen LogP contribution in [0, 0.1) is 0 Å². The van der Waals surface area contributed by atoms with Crippen LogP contribution in [0.5, 0.6) is 0 Å². The van der Waals surface area contributed by atoms with Gasteiger partial charge >= 0.3 is 0 Å². The van der Waals surface area contributed by atoms with Gasteiger partial charge in [0.1, 0.15) is 0 Å². The zero-order chi connectivity index (χ0) is 7.23. The van der Waals surface area contributed by atoms with Crippen molar-refractivity contribution in [3.63, 3.8) is 0 Å². The van der Waals surface area contributed by atoms with Crippen molar-refractivity contribution in [1.29, 1.82) is 0 Å². The van der Waals surface area contributed by atoms with Gasteiger partial charge in [0.15, 0.2) is 0 Å². The number of thiol groups is 1. The van der Waals surface area contributed by atoms with Crippen molar-refractivity contribution in [2.45, 2.75) is 44.9 Å². The second-order valence-electron chi connectivity index (χ2n) is 3.00. The van der Waals surface area contributed by atoms with Gasteiger partial charge in [0, 0.05) is 0 Å². The summed E-state index contributed by atoms with van der Waals surface area (Å²) in [7, 11) is 0. The molecule has 0 unspecified atom stereocenters. The normalized spacial score (nSPS) is 22.3. The highest BCUT2D eigenvalue weighted by Gasteiger charge is 1.96. The first-order chi connectivity index (χ1) is 4.89. The van der Waals surface area contributed by atoms with Crippen LogP contribution in [0.25, 0.3) is 0 Å². The van der Waals surface area contributed by atoms with E-state index in [-0.39, 0.29) is 0 Å². The average Bonchev–Trinajstić information content (AvgIpc) is 2.02. The van der Waals surface area contributed by atoms with Gasteiger partial charge in [-0.05, 0) is 30.6 Å². The van der Waals surface area contributed by atoms with Crippen LogP contribution in [0.15, 0.2) is 11.0 Å². The number of rotatable bonds is 0. The van der Waals surface area contributed by atoms with Crippen LogP contribution in [0.2, 0.25) is 0 Å². The van der Waals surface area contributed by atoms with E-state index in [9.17, 15) is 0 Å². The molecule has 0 saturated heterocycles. The van der Waals surface area contributed by atoms with E-state index in [0.717, 1.165) is 0 Å². The summed E-state index contributed by atoms with van der Waals surface area (Å²) in [6.07, 6.45) is 11.7. The quantitative estimate of drug-likeness (QED) is 0.509. The minimum absolute atomic E-state index is 1.21. The first-order valence-electron chi connectivity index (χ1n) is 4.27. The predicted octanol–water partition coefficient (Wildman–Crippen LogP) is 3.54. The van der Waals surface area contributed by atoms with Gasteiger partial charge in [-0.3, -0.25) is 0 Å². The molecule has 0 aromatic rings. The second-order valence-corrected chi connectivity index (χ2v) is 3.58. The third kappa shape index (κ3) is 3.31. The van der Waals surface area contributed by atoms with Gasteiger partial charge in [-0.2, -0.15) is 0 Å². The summed E-state index contributed by atoms with van der Waals surface area (Å²) in [6, 6.07) is 0. The minimum Gasteiger partial charge on any atom is -0.148 e. The Morgan fingerprint density at radius 3 is 2.60 bits per heavy atom. The van der Waals surface area contributed by atoms with E-state index in [1.165, 1.54) is 49.9 Å². The molecule has 1 aliphatic rings. The zero-order valence-electron chi connectivity index (χ0n) is 6.47. The molecule has 1 heteroatoms. The van der Waals surface area contributed by atoms with Gasteiger partial charge in [0.05, 0.1) is 0 Å². The van der Waals surface area contributed by atoms with E-state index in [1.807, 2.05) is 0 Å². The average molecular weight is 156 g/mol. The molecular formula is C9H16S. The Bertz CT molecular complexity index is 116. The van der Waals surface area contributed by atoms with Gasteiger partial charge in [0.25, 0.3) is 0 Å². The first kappa shape index (κ1) is 8.19. The van der Waals surface area contributed by atoms with E-state index in [2.05, 4.69) is 18.7 Å². The standard InChI is InChI=1S/C9H16S/c10-9-7-5-3-1-2-4-6-8-9/h7,10H,1-6,8H2. The van der Waals surface area contributed by atoms with E-state index in [4.69, 9.17) is 0 Å². The Morgan fingerprint density at radius 1 is 1.00 bits per heavy atom. The second kappa shape index (κ2) is 4.84. The largest absolute Gasteiger partial charge is 0.148 e. The molecule has 0 N–H and O–H groups in total. The molecule has 0 amide bonds. The molecule has 0 bridgehead atoms. The van der Waals surface area contributed by atoms with Gasteiger partial charge in [-0.25, -0.2) is 0 Å². The molecule has 0 aromatic carbocycles. The highest BCUT2D eigenvalue weighted by molar-refractivity contribution is 7.84. The number of allylic oxidation sites excluding steroid dienone is 2. The molecule has 58 valence electrons. The molecule has 0 aliphatic heterocycles. The van der Waals surface area contributed by atoms with E-state index >= 15 is 0 Å². The molecule has 0 heterocycles. The lowest BCUT2D eigenvalue weighted by Crippen LogP contribution is -1.75. The van der Waals surface area contributed by atoms with Gasteiger partial charge in [-0.15, -0.1) is 12.6 Å². The topological polar surface area (TPSA) is 0 Å². The monoisotopic (exact) mass is 156 g/mol. The molecule has 0 aromatic heterocycles. The van der Waals surface area contributed by atoms with Crippen LogP contribution < -0.4 is 0 Å². The van der Waals surface area contributed by atoms with Gasteiger partial charge < -0.3 is 0 Å². The van der Waals surface area contributed by atoms with Crippen molar-refractivity contribution in [2.75, 3.05) is 0 Å². The maximum Gasteiger partial charge on any atom is -0.0224 e. The fourth-order valence-electron chi connectivity index (χ4n) is 1.35. The summed E-state index contributed by atoms with van der Waals surface area (Å²) >= 11 is 4.39. The molecule has 1 rings (SSSR count). The highest BCUT2D eigenvalue weighted by atomic mass is 32.1. The molecule has 10 heavy (non-hydrogen) atoms. The molecule has 0 saturated carbocycles. The molecule has 0 fully saturated rings. The van der Waals surface area contributed by atoms with Crippen LogP contribution >= 0.6 is 12.6 Å². The lowest BCUT2D eigenvalue weighted by Gasteiger charge is -1.96. The summed E-state index contributed by atoms with van der Waals surface area (Å²) in [4.78, 5) is 1.31. The van der Waals surface area contributed by atoms with Crippen molar-refractivity contribution in [3.8, 4) is 0 Å². The first-order valence-corrected chi connectivity index (χ1v) is 4.72. The maximum absolute atomic E-state index is 4.39. The highest BCUT2D eigenvalue weighted by Crippen LogP contribution is 2.18. The third-order valence-corrected chi connectivity index (χ3v) is 2.42. The molecular weight excluding hydrogens is 140 g/mol. The van der Waals surface area contributed by atoms with Crippen molar-refractivity contribution in [2.24, 2.45) is 0 Å². The third-order valence-electron chi connectivity index (χ3n) is 2.02. The van der Waals surface area contributed by atoms with E-state index in [0.29, 0.717) is 0 Å². The Morgan fingerprint density at radius 2 is 1.70 bits per heavy atom. The summed E-state index contributed by atoms with van der Waals surface area (Å²) in [5.41, 5.74) is 0. The molecule has 1 aliphatic carbocycles. The zero-order valence-corrected chi connectivity index (χ0v) is 7.37. The van der Waals surface area contributed by atoms with Crippen LogP contribution in [0.3, 0.4) is 0 Å². The van der Waals surface area contributed by atoms with Crippen LogP contribution in [0.4, 0.5) is 0 Å². The fraction of sp³-hybridized carbons (Fsp3) is 0.778.